The van der Waals surface area contributed by atoms with E-state index in [4.69, 9.17) is 11.6 Å². The van der Waals surface area contributed by atoms with Crippen molar-refractivity contribution in [3.63, 3.8) is 0 Å². The molecule has 0 bridgehead atoms. The van der Waals surface area contributed by atoms with E-state index in [0.29, 0.717) is 12.3 Å². The van der Waals surface area contributed by atoms with Crippen LogP contribution in [-0.4, -0.2) is 18.3 Å². The van der Waals surface area contributed by atoms with Crippen molar-refractivity contribution in [3.05, 3.63) is 23.8 Å². The van der Waals surface area contributed by atoms with Gasteiger partial charge in [-0.1, -0.05) is 0 Å². The molecule has 4 heteroatoms. The van der Waals surface area contributed by atoms with Gasteiger partial charge in [0.05, 0.1) is 0 Å². The minimum Gasteiger partial charge on any atom is -0.384 e. The standard InChI is InChI=1S/C11H13ClN2O/c12-5-6-13-9-2-3-10-8(7-9)1-4-11(15)14-10/h2-3,7,13H,1,4-6H2,(H,14,15). The molecule has 0 unspecified atom stereocenters. The molecule has 15 heavy (non-hydrogen) atoms. The summed E-state index contributed by atoms with van der Waals surface area (Å²) in [5.41, 5.74) is 3.18. The van der Waals surface area contributed by atoms with Crippen LogP contribution >= 0.6 is 11.6 Å². The van der Waals surface area contributed by atoms with Crippen LogP contribution in [0.15, 0.2) is 18.2 Å². The van der Waals surface area contributed by atoms with Gasteiger partial charge in [0.15, 0.2) is 0 Å². The third-order valence-corrected chi connectivity index (χ3v) is 2.61. The molecule has 0 spiro atoms. The minimum atomic E-state index is 0.101. The number of amides is 1. The van der Waals surface area contributed by atoms with Crippen molar-refractivity contribution >= 4 is 28.9 Å². The molecule has 1 aliphatic rings. The molecule has 0 saturated heterocycles. The number of alkyl halides is 1. The maximum absolute atomic E-state index is 11.1. The largest absolute Gasteiger partial charge is 0.384 e. The Hall–Kier alpha value is -1.22. The van der Waals surface area contributed by atoms with Crippen LogP contribution in [0.5, 0.6) is 0 Å². The SMILES string of the molecule is O=C1CCc2cc(NCCCl)ccc2N1. The van der Waals surface area contributed by atoms with E-state index in [1.54, 1.807) is 0 Å². The number of halogens is 1. The summed E-state index contributed by atoms with van der Waals surface area (Å²) in [6.07, 6.45) is 1.39. The topological polar surface area (TPSA) is 41.1 Å². The van der Waals surface area contributed by atoms with Gasteiger partial charge in [0.25, 0.3) is 0 Å². The van der Waals surface area contributed by atoms with Crippen LogP contribution in [0.25, 0.3) is 0 Å². The van der Waals surface area contributed by atoms with E-state index in [0.717, 1.165) is 24.3 Å². The fourth-order valence-electron chi connectivity index (χ4n) is 1.68. The number of fused-ring (bicyclic) bond motifs is 1. The van der Waals surface area contributed by atoms with Gasteiger partial charge in [-0.3, -0.25) is 4.79 Å². The lowest BCUT2D eigenvalue weighted by Gasteiger charge is -2.17. The van der Waals surface area contributed by atoms with E-state index in [-0.39, 0.29) is 5.91 Å². The molecule has 80 valence electrons. The average Bonchev–Trinajstić information content (AvgIpc) is 2.26. The summed E-state index contributed by atoms with van der Waals surface area (Å²) in [6, 6.07) is 5.96. The number of anilines is 2. The Morgan fingerprint density at radius 3 is 3.07 bits per heavy atom. The molecule has 1 heterocycles. The number of benzene rings is 1. The van der Waals surface area contributed by atoms with Crippen LogP contribution < -0.4 is 10.6 Å². The third-order valence-electron chi connectivity index (χ3n) is 2.42. The van der Waals surface area contributed by atoms with Gasteiger partial charge in [0.1, 0.15) is 0 Å². The maximum atomic E-state index is 11.1. The predicted molar refractivity (Wildman–Crippen MR) is 62.6 cm³/mol. The number of hydrogen-bond acceptors (Lipinski definition) is 2. The summed E-state index contributed by atoms with van der Waals surface area (Å²) >= 11 is 5.59. The summed E-state index contributed by atoms with van der Waals surface area (Å²) in [4.78, 5) is 11.1. The molecule has 2 N–H and O–H groups in total. The molecule has 0 fully saturated rings. The second kappa shape index (κ2) is 4.53. The van der Waals surface area contributed by atoms with Gasteiger partial charge in [-0.15, -0.1) is 11.6 Å². The second-order valence-corrected chi connectivity index (χ2v) is 3.91. The van der Waals surface area contributed by atoms with Crippen LogP contribution in [-0.2, 0) is 11.2 Å². The fraction of sp³-hybridized carbons (Fsp3) is 0.364. The Morgan fingerprint density at radius 2 is 2.27 bits per heavy atom. The zero-order chi connectivity index (χ0) is 10.7. The first-order chi connectivity index (χ1) is 7.29. The van der Waals surface area contributed by atoms with E-state index >= 15 is 0 Å². The summed E-state index contributed by atoms with van der Waals surface area (Å²) in [5, 5.41) is 6.06. The lowest BCUT2D eigenvalue weighted by atomic mass is 10.0. The van der Waals surface area contributed by atoms with Crippen molar-refractivity contribution in [3.8, 4) is 0 Å². The molecular formula is C11H13ClN2O. The van der Waals surface area contributed by atoms with Gasteiger partial charge in [-0.05, 0) is 30.2 Å². The highest BCUT2D eigenvalue weighted by Crippen LogP contribution is 2.25. The molecule has 0 radical (unpaired) electrons. The normalized spacial score (nSPS) is 14.3. The van der Waals surface area contributed by atoms with Crippen molar-refractivity contribution < 1.29 is 4.79 Å². The van der Waals surface area contributed by atoms with E-state index in [1.807, 2.05) is 12.1 Å². The average molecular weight is 225 g/mol. The van der Waals surface area contributed by atoms with Gasteiger partial charge in [0.2, 0.25) is 5.91 Å². The molecule has 0 aromatic heterocycles. The molecule has 3 nitrogen and oxygen atoms in total. The van der Waals surface area contributed by atoms with Crippen LogP contribution in [0, 0.1) is 0 Å². The summed E-state index contributed by atoms with van der Waals surface area (Å²) in [6.45, 7) is 0.757. The lowest BCUT2D eigenvalue weighted by Crippen LogP contribution is -2.19. The zero-order valence-electron chi connectivity index (χ0n) is 8.35. The minimum absolute atomic E-state index is 0.101. The van der Waals surface area contributed by atoms with E-state index in [9.17, 15) is 4.79 Å². The quantitative estimate of drug-likeness (QED) is 0.773. The molecule has 0 saturated carbocycles. The Morgan fingerprint density at radius 1 is 1.40 bits per heavy atom. The smallest absolute Gasteiger partial charge is 0.224 e. The molecule has 1 aromatic carbocycles. The number of nitrogens with one attached hydrogen (secondary N) is 2. The fourth-order valence-corrected chi connectivity index (χ4v) is 1.78. The van der Waals surface area contributed by atoms with Gasteiger partial charge >= 0.3 is 0 Å². The molecule has 1 aromatic rings. The number of aryl methyl sites for hydroxylation is 1. The van der Waals surface area contributed by atoms with Crippen LogP contribution in [0.1, 0.15) is 12.0 Å². The van der Waals surface area contributed by atoms with Crippen molar-refractivity contribution in [1.82, 2.24) is 0 Å². The summed E-state index contributed by atoms with van der Waals surface area (Å²) < 4.78 is 0. The predicted octanol–water partition coefficient (Wildman–Crippen LogP) is 2.22. The molecule has 2 rings (SSSR count). The van der Waals surface area contributed by atoms with Crippen molar-refractivity contribution in [2.75, 3.05) is 23.1 Å². The number of rotatable bonds is 3. The van der Waals surface area contributed by atoms with Crippen LogP contribution in [0.4, 0.5) is 11.4 Å². The molecule has 1 aliphatic heterocycles. The first-order valence-corrected chi connectivity index (χ1v) is 5.55. The van der Waals surface area contributed by atoms with Gasteiger partial charge in [-0.2, -0.15) is 0 Å². The first kappa shape index (κ1) is 10.3. The van der Waals surface area contributed by atoms with Crippen LogP contribution in [0.3, 0.4) is 0 Å². The third kappa shape index (κ3) is 2.42. The first-order valence-electron chi connectivity index (χ1n) is 5.02. The van der Waals surface area contributed by atoms with Gasteiger partial charge in [0, 0.05) is 30.2 Å². The van der Waals surface area contributed by atoms with Crippen molar-refractivity contribution in [1.29, 1.82) is 0 Å². The number of carbonyl (C=O) groups is 1. The van der Waals surface area contributed by atoms with Crippen molar-refractivity contribution in [2.45, 2.75) is 12.8 Å². The van der Waals surface area contributed by atoms with Crippen molar-refractivity contribution in [2.24, 2.45) is 0 Å². The molecular weight excluding hydrogens is 212 g/mol. The summed E-state index contributed by atoms with van der Waals surface area (Å²) in [5.74, 6) is 0.692. The highest BCUT2D eigenvalue weighted by atomic mass is 35.5. The maximum Gasteiger partial charge on any atom is 0.224 e. The van der Waals surface area contributed by atoms with E-state index in [2.05, 4.69) is 16.7 Å². The highest BCUT2D eigenvalue weighted by Gasteiger charge is 2.14. The Labute approximate surface area is 93.8 Å². The number of carbonyl (C=O) groups excluding carboxylic acids is 1. The highest BCUT2D eigenvalue weighted by molar-refractivity contribution is 6.18. The Kier molecular flexibility index (Phi) is 3.11. The van der Waals surface area contributed by atoms with Gasteiger partial charge < -0.3 is 10.6 Å². The molecule has 0 atom stereocenters. The molecule has 1 amide bonds. The lowest BCUT2D eigenvalue weighted by molar-refractivity contribution is -0.116. The number of hydrogen-bond donors (Lipinski definition) is 2. The second-order valence-electron chi connectivity index (χ2n) is 3.54. The Balaban J connectivity index is 2.15. The zero-order valence-corrected chi connectivity index (χ0v) is 9.10. The van der Waals surface area contributed by atoms with E-state index in [1.165, 1.54) is 5.56 Å². The summed E-state index contributed by atoms with van der Waals surface area (Å²) in [7, 11) is 0. The monoisotopic (exact) mass is 224 g/mol. The molecule has 0 aliphatic carbocycles. The van der Waals surface area contributed by atoms with E-state index < -0.39 is 0 Å². The van der Waals surface area contributed by atoms with Gasteiger partial charge in [-0.25, -0.2) is 0 Å². The Bertz CT molecular complexity index is 379. The van der Waals surface area contributed by atoms with Crippen LogP contribution in [0.2, 0.25) is 0 Å².